The second-order valence-corrected chi connectivity index (χ2v) is 5.53. The maximum atomic E-state index is 12.1. The molecule has 1 amide bonds. The van der Waals surface area contributed by atoms with Crippen LogP contribution in [0.4, 0.5) is 5.69 Å². The van der Waals surface area contributed by atoms with Crippen LogP contribution in [-0.2, 0) is 0 Å². The summed E-state index contributed by atoms with van der Waals surface area (Å²) in [6.07, 6.45) is 0. The topological polar surface area (TPSA) is 42.2 Å². The molecular weight excluding hydrogens is 318 g/mol. The van der Waals surface area contributed by atoms with Crippen molar-refractivity contribution in [1.29, 1.82) is 0 Å². The van der Waals surface area contributed by atoms with E-state index in [1.165, 1.54) is 0 Å². The Hall–Kier alpha value is -2.07. The molecule has 0 saturated heterocycles. The predicted molar refractivity (Wildman–Crippen MR) is 83.0 cm³/mol. The van der Waals surface area contributed by atoms with E-state index in [1.807, 2.05) is 49.4 Å². The molecule has 3 aromatic rings. The molecule has 0 bridgehead atoms. The normalized spacial score (nSPS) is 10.7. The van der Waals surface area contributed by atoms with Crippen molar-refractivity contribution in [3.63, 3.8) is 0 Å². The van der Waals surface area contributed by atoms with Crippen molar-refractivity contribution in [1.82, 2.24) is 0 Å². The van der Waals surface area contributed by atoms with Gasteiger partial charge >= 0.3 is 0 Å². The lowest BCUT2D eigenvalue weighted by atomic mass is 10.2. The molecule has 0 aliphatic rings. The summed E-state index contributed by atoms with van der Waals surface area (Å²) in [4.78, 5) is 12.1. The van der Waals surface area contributed by atoms with E-state index >= 15 is 0 Å². The maximum Gasteiger partial charge on any atom is 0.291 e. The summed E-state index contributed by atoms with van der Waals surface area (Å²) >= 11 is 3.36. The smallest absolute Gasteiger partial charge is 0.291 e. The number of aryl methyl sites for hydroxylation is 1. The highest BCUT2D eigenvalue weighted by Crippen LogP contribution is 2.22. The molecule has 3 rings (SSSR count). The first-order valence-corrected chi connectivity index (χ1v) is 6.98. The average molecular weight is 330 g/mol. The van der Waals surface area contributed by atoms with E-state index in [4.69, 9.17) is 4.42 Å². The summed E-state index contributed by atoms with van der Waals surface area (Å²) < 4.78 is 6.53. The largest absolute Gasteiger partial charge is 0.451 e. The van der Waals surface area contributed by atoms with E-state index in [1.54, 1.807) is 6.07 Å². The molecule has 0 spiro atoms. The first-order valence-electron chi connectivity index (χ1n) is 6.19. The number of hydrogen-bond donors (Lipinski definition) is 1. The third-order valence-electron chi connectivity index (χ3n) is 3.00. The Morgan fingerprint density at radius 3 is 2.60 bits per heavy atom. The van der Waals surface area contributed by atoms with Gasteiger partial charge < -0.3 is 9.73 Å². The Morgan fingerprint density at radius 1 is 1.10 bits per heavy atom. The number of furan rings is 1. The summed E-state index contributed by atoms with van der Waals surface area (Å²) in [5.74, 6) is 0.0645. The van der Waals surface area contributed by atoms with Crippen LogP contribution >= 0.6 is 15.9 Å². The van der Waals surface area contributed by atoms with E-state index < -0.39 is 0 Å². The molecule has 0 aliphatic carbocycles. The van der Waals surface area contributed by atoms with Crippen LogP contribution in [0.5, 0.6) is 0 Å². The average Bonchev–Trinajstić information content (AvgIpc) is 2.84. The fraction of sp³-hybridized carbons (Fsp3) is 0.0625. The van der Waals surface area contributed by atoms with Gasteiger partial charge in [-0.25, -0.2) is 0 Å². The van der Waals surface area contributed by atoms with Crippen molar-refractivity contribution >= 4 is 38.5 Å². The van der Waals surface area contributed by atoms with E-state index in [9.17, 15) is 4.79 Å². The molecule has 0 atom stereocenters. The second kappa shape index (κ2) is 5.13. The SMILES string of the molecule is Cc1ccc2oc(C(=O)Nc3ccc(Br)cc3)cc2c1. The van der Waals surface area contributed by atoms with Crippen molar-refractivity contribution in [2.24, 2.45) is 0 Å². The summed E-state index contributed by atoms with van der Waals surface area (Å²) in [5, 5.41) is 3.74. The van der Waals surface area contributed by atoms with Crippen molar-refractivity contribution in [3.8, 4) is 0 Å². The number of nitrogens with one attached hydrogen (secondary N) is 1. The van der Waals surface area contributed by atoms with Crippen LogP contribution in [0.25, 0.3) is 11.0 Å². The third-order valence-corrected chi connectivity index (χ3v) is 3.53. The molecular formula is C16H12BrNO2. The molecule has 0 unspecified atom stereocenters. The van der Waals surface area contributed by atoms with Gasteiger partial charge in [0.15, 0.2) is 5.76 Å². The van der Waals surface area contributed by atoms with E-state index in [0.717, 1.165) is 26.7 Å². The summed E-state index contributed by atoms with van der Waals surface area (Å²) in [6.45, 7) is 2.01. The summed E-state index contributed by atoms with van der Waals surface area (Å²) in [7, 11) is 0. The van der Waals surface area contributed by atoms with E-state index in [-0.39, 0.29) is 5.91 Å². The number of halogens is 1. The van der Waals surface area contributed by atoms with E-state index in [2.05, 4.69) is 21.2 Å². The second-order valence-electron chi connectivity index (χ2n) is 4.61. The number of carbonyl (C=O) groups excluding carboxylic acids is 1. The standard InChI is InChI=1S/C16H12BrNO2/c1-10-2-7-14-11(8-10)9-15(20-14)16(19)18-13-5-3-12(17)4-6-13/h2-9H,1H3,(H,18,19). The number of hydrogen-bond acceptors (Lipinski definition) is 2. The maximum absolute atomic E-state index is 12.1. The molecule has 20 heavy (non-hydrogen) atoms. The molecule has 1 heterocycles. The molecule has 0 saturated carbocycles. The molecule has 0 radical (unpaired) electrons. The van der Waals surface area contributed by atoms with Crippen LogP contribution in [0.15, 0.2) is 57.4 Å². The first kappa shape index (κ1) is 12.9. The van der Waals surface area contributed by atoms with Crippen molar-refractivity contribution in [3.05, 3.63) is 64.3 Å². The number of benzene rings is 2. The minimum Gasteiger partial charge on any atom is -0.451 e. The monoisotopic (exact) mass is 329 g/mol. The number of fused-ring (bicyclic) bond motifs is 1. The van der Waals surface area contributed by atoms with Gasteiger partial charge in [-0.05, 0) is 49.4 Å². The minimum absolute atomic E-state index is 0.249. The number of carbonyl (C=O) groups is 1. The molecule has 0 aliphatic heterocycles. The van der Waals surface area contributed by atoms with Crippen LogP contribution in [0, 0.1) is 6.92 Å². The lowest BCUT2D eigenvalue weighted by molar-refractivity contribution is 0.0998. The Labute approximate surface area is 124 Å². The van der Waals surface area contributed by atoms with Crippen molar-refractivity contribution < 1.29 is 9.21 Å². The van der Waals surface area contributed by atoms with Crippen LogP contribution in [0.3, 0.4) is 0 Å². The van der Waals surface area contributed by atoms with Gasteiger partial charge in [0.2, 0.25) is 0 Å². The molecule has 0 fully saturated rings. The zero-order valence-corrected chi connectivity index (χ0v) is 12.4. The highest BCUT2D eigenvalue weighted by molar-refractivity contribution is 9.10. The summed E-state index contributed by atoms with van der Waals surface area (Å²) in [5.41, 5.74) is 2.59. The first-order chi connectivity index (χ1) is 9.61. The Morgan fingerprint density at radius 2 is 1.85 bits per heavy atom. The molecule has 3 nitrogen and oxygen atoms in total. The molecule has 4 heteroatoms. The van der Waals surface area contributed by atoms with Gasteiger partial charge in [-0.3, -0.25) is 4.79 Å². The molecule has 1 N–H and O–H groups in total. The Bertz CT molecular complexity index is 775. The molecule has 1 aromatic heterocycles. The zero-order chi connectivity index (χ0) is 14.1. The van der Waals surface area contributed by atoms with Crippen molar-refractivity contribution in [2.45, 2.75) is 6.92 Å². The lowest BCUT2D eigenvalue weighted by Crippen LogP contribution is -2.10. The zero-order valence-electron chi connectivity index (χ0n) is 10.8. The molecule has 2 aromatic carbocycles. The Balaban J connectivity index is 1.86. The van der Waals surface area contributed by atoms with Gasteiger partial charge in [0, 0.05) is 15.5 Å². The highest BCUT2D eigenvalue weighted by Gasteiger charge is 2.12. The van der Waals surface area contributed by atoms with Crippen LogP contribution in [-0.4, -0.2) is 5.91 Å². The Kier molecular flexibility index (Phi) is 3.32. The van der Waals surface area contributed by atoms with Gasteiger partial charge in [0.25, 0.3) is 5.91 Å². The third kappa shape index (κ3) is 2.60. The van der Waals surface area contributed by atoms with Crippen LogP contribution < -0.4 is 5.32 Å². The van der Waals surface area contributed by atoms with Crippen molar-refractivity contribution in [2.75, 3.05) is 5.32 Å². The number of amides is 1. The number of rotatable bonds is 2. The van der Waals surface area contributed by atoms with Crippen LogP contribution in [0.1, 0.15) is 16.1 Å². The predicted octanol–water partition coefficient (Wildman–Crippen LogP) is 4.76. The lowest BCUT2D eigenvalue weighted by Gasteiger charge is -2.02. The fourth-order valence-electron chi connectivity index (χ4n) is 2.00. The highest BCUT2D eigenvalue weighted by atomic mass is 79.9. The molecule has 100 valence electrons. The van der Waals surface area contributed by atoms with Gasteiger partial charge in [-0.15, -0.1) is 0 Å². The van der Waals surface area contributed by atoms with Gasteiger partial charge in [-0.2, -0.15) is 0 Å². The van der Waals surface area contributed by atoms with Gasteiger partial charge in [-0.1, -0.05) is 27.6 Å². The minimum atomic E-state index is -0.249. The fourth-order valence-corrected chi connectivity index (χ4v) is 2.26. The van der Waals surface area contributed by atoms with Crippen LogP contribution in [0.2, 0.25) is 0 Å². The van der Waals surface area contributed by atoms with E-state index in [0.29, 0.717) is 5.76 Å². The quantitative estimate of drug-likeness (QED) is 0.736. The van der Waals surface area contributed by atoms with Gasteiger partial charge in [0.1, 0.15) is 5.58 Å². The van der Waals surface area contributed by atoms with Gasteiger partial charge in [0.05, 0.1) is 0 Å². The number of anilines is 1. The summed E-state index contributed by atoms with van der Waals surface area (Å²) in [6, 6.07) is 15.0.